The number of halogens is 1. The zero-order valence-electron chi connectivity index (χ0n) is 15.9. The highest BCUT2D eigenvalue weighted by molar-refractivity contribution is 6.37. The number of nitrogens with zero attached hydrogens (tertiary/aromatic N) is 2. The Hall–Kier alpha value is -3.37. The molecule has 0 atom stereocenters. The van der Waals surface area contributed by atoms with Crippen LogP contribution in [-0.4, -0.2) is 11.6 Å². The zero-order chi connectivity index (χ0) is 20.2. The molecule has 3 aromatic rings. The molecule has 0 radical (unpaired) electrons. The van der Waals surface area contributed by atoms with E-state index in [1.165, 1.54) is 5.01 Å². The molecule has 0 fully saturated rings. The van der Waals surface area contributed by atoms with Gasteiger partial charge in [-0.2, -0.15) is 10.1 Å². The first-order chi connectivity index (χ1) is 14.1. The number of para-hydroxylation sites is 1. The quantitative estimate of drug-likeness (QED) is 0.512. The van der Waals surface area contributed by atoms with E-state index < -0.39 is 0 Å². The lowest BCUT2D eigenvalue weighted by Gasteiger charge is -2.13. The SMILES string of the molecule is CC1=NN(c2ccccc2Cl)C(=O)/C1=C\c1ccc(OCc2ccccc2)cc1. The van der Waals surface area contributed by atoms with Gasteiger partial charge in [-0.3, -0.25) is 4.79 Å². The number of hydrogen-bond donors (Lipinski definition) is 0. The Bertz CT molecular complexity index is 1090. The molecule has 1 amide bonds. The lowest BCUT2D eigenvalue weighted by atomic mass is 10.1. The molecule has 1 heterocycles. The number of hydrogen-bond acceptors (Lipinski definition) is 3. The fourth-order valence-corrected chi connectivity index (χ4v) is 3.25. The van der Waals surface area contributed by atoms with Gasteiger partial charge in [0, 0.05) is 0 Å². The highest BCUT2D eigenvalue weighted by Gasteiger charge is 2.29. The third-order valence-electron chi connectivity index (χ3n) is 4.58. The molecule has 1 aliphatic heterocycles. The largest absolute Gasteiger partial charge is 0.489 e. The number of ether oxygens (including phenoxy) is 1. The predicted molar refractivity (Wildman–Crippen MR) is 117 cm³/mol. The number of amides is 1. The Morgan fingerprint density at radius 2 is 1.66 bits per heavy atom. The van der Waals surface area contributed by atoms with Gasteiger partial charge in [0.15, 0.2) is 0 Å². The number of carbonyl (C=O) groups excluding carboxylic acids is 1. The maximum atomic E-state index is 12.9. The average Bonchev–Trinajstić information content (AvgIpc) is 3.02. The van der Waals surface area contributed by atoms with E-state index in [4.69, 9.17) is 16.3 Å². The minimum Gasteiger partial charge on any atom is -0.489 e. The summed E-state index contributed by atoms with van der Waals surface area (Å²) in [6.45, 7) is 2.33. The Balaban J connectivity index is 1.48. The van der Waals surface area contributed by atoms with Crippen molar-refractivity contribution in [2.45, 2.75) is 13.5 Å². The van der Waals surface area contributed by atoms with Crippen LogP contribution in [0.15, 0.2) is 89.5 Å². The van der Waals surface area contributed by atoms with Gasteiger partial charge in [0.05, 0.1) is 22.0 Å². The first-order valence-electron chi connectivity index (χ1n) is 9.25. The normalized spacial score (nSPS) is 15.0. The molecule has 0 saturated carbocycles. The number of carbonyl (C=O) groups is 1. The molecular formula is C24H19ClN2O2. The lowest BCUT2D eigenvalue weighted by molar-refractivity contribution is -0.114. The van der Waals surface area contributed by atoms with Crippen molar-refractivity contribution in [3.05, 3.63) is 101 Å². The van der Waals surface area contributed by atoms with Crippen molar-refractivity contribution in [1.82, 2.24) is 0 Å². The van der Waals surface area contributed by atoms with E-state index in [1.807, 2.05) is 79.7 Å². The third kappa shape index (κ3) is 4.23. The second-order valence-electron chi connectivity index (χ2n) is 6.66. The lowest BCUT2D eigenvalue weighted by Crippen LogP contribution is -2.21. The van der Waals surface area contributed by atoms with Gasteiger partial charge >= 0.3 is 0 Å². The Morgan fingerprint density at radius 3 is 2.38 bits per heavy atom. The summed E-state index contributed by atoms with van der Waals surface area (Å²) in [6, 6.07) is 24.8. The molecule has 4 nitrogen and oxygen atoms in total. The van der Waals surface area contributed by atoms with Gasteiger partial charge in [0.1, 0.15) is 12.4 Å². The summed E-state index contributed by atoms with van der Waals surface area (Å²) < 4.78 is 5.81. The van der Waals surface area contributed by atoms with Crippen molar-refractivity contribution in [1.29, 1.82) is 0 Å². The van der Waals surface area contributed by atoms with E-state index >= 15 is 0 Å². The molecular weight excluding hydrogens is 384 g/mol. The number of benzene rings is 3. The summed E-state index contributed by atoms with van der Waals surface area (Å²) in [7, 11) is 0. The third-order valence-corrected chi connectivity index (χ3v) is 4.90. The number of rotatable bonds is 5. The van der Waals surface area contributed by atoms with Gasteiger partial charge in [-0.15, -0.1) is 0 Å². The monoisotopic (exact) mass is 402 g/mol. The van der Waals surface area contributed by atoms with Crippen LogP contribution in [0.5, 0.6) is 5.75 Å². The van der Waals surface area contributed by atoms with Crippen LogP contribution in [-0.2, 0) is 11.4 Å². The molecule has 5 heteroatoms. The van der Waals surface area contributed by atoms with Crippen molar-refractivity contribution in [2.24, 2.45) is 5.10 Å². The van der Waals surface area contributed by atoms with Crippen molar-refractivity contribution in [3.8, 4) is 5.75 Å². The van der Waals surface area contributed by atoms with E-state index in [-0.39, 0.29) is 5.91 Å². The number of anilines is 1. The van der Waals surface area contributed by atoms with Crippen molar-refractivity contribution >= 4 is 35.0 Å². The summed E-state index contributed by atoms with van der Waals surface area (Å²) in [5, 5.41) is 6.21. The van der Waals surface area contributed by atoms with Crippen LogP contribution in [0.3, 0.4) is 0 Å². The Morgan fingerprint density at radius 1 is 0.966 bits per heavy atom. The summed E-state index contributed by atoms with van der Waals surface area (Å²) in [6.07, 6.45) is 1.83. The van der Waals surface area contributed by atoms with Crippen molar-refractivity contribution in [3.63, 3.8) is 0 Å². The molecule has 0 saturated heterocycles. The maximum Gasteiger partial charge on any atom is 0.280 e. The number of hydrazone groups is 1. The smallest absolute Gasteiger partial charge is 0.280 e. The van der Waals surface area contributed by atoms with Crippen LogP contribution in [0, 0.1) is 0 Å². The van der Waals surface area contributed by atoms with E-state index in [0.29, 0.717) is 28.6 Å². The summed E-state index contributed by atoms with van der Waals surface area (Å²) in [5.74, 6) is 0.580. The highest BCUT2D eigenvalue weighted by Crippen LogP contribution is 2.30. The molecule has 0 aliphatic carbocycles. The Kier molecular flexibility index (Phi) is 5.45. The van der Waals surface area contributed by atoms with E-state index in [1.54, 1.807) is 12.1 Å². The fraction of sp³-hybridized carbons (Fsp3) is 0.0833. The van der Waals surface area contributed by atoms with Crippen LogP contribution >= 0.6 is 11.6 Å². The average molecular weight is 403 g/mol. The highest BCUT2D eigenvalue weighted by atomic mass is 35.5. The molecule has 4 rings (SSSR count). The van der Waals surface area contributed by atoms with Crippen LogP contribution in [0.2, 0.25) is 5.02 Å². The molecule has 144 valence electrons. The molecule has 3 aromatic carbocycles. The molecule has 0 spiro atoms. The second-order valence-corrected chi connectivity index (χ2v) is 7.06. The van der Waals surface area contributed by atoms with Crippen LogP contribution < -0.4 is 9.75 Å². The molecule has 1 aliphatic rings. The first kappa shape index (κ1) is 19.0. The van der Waals surface area contributed by atoms with E-state index in [0.717, 1.165) is 16.9 Å². The van der Waals surface area contributed by atoms with Crippen molar-refractivity contribution < 1.29 is 9.53 Å². The molecule has 0 unspecified atom stereocenters. The van der Waals surface area contributed by atoms with Gasteiger partial charge in [-0.1, -0.05) is 66.2 Å². The topological polar surface area (TPSA) is 41.9 Å². The summed E-state index contributed by atoms with van der Waals surface area (Å²) >= 11 is 6.22. The van der Waals surface area contributed by atoms with Crippen molar-refractivity contribution in [2.75, 3.05) is 5.01 Å². The predicted octanol–water partition coefficient (Wildman–Crippen LogP) is 5.73. The van der Waals surface area contributed by atoms with Crippen LogP contribution in [0.25, 0.3) is 6.08 Å². The molecule has 0 aromatic heterocycles. The maximum absolute atomic E-state index is 12.9. The van der Waals surface area contributed by atoms with Gasteiger partial charge in [0.2, 0.25) is 0 Å². The van der Waals surface area contributed by atoms with Gasteiger partial charge in [-0.05, 0) is 48.4 Å². The standard InChI is InChI=1S/C24H19ClN2O2/c1-17-21(24(28)27(26-17)23-10-6-5-9-22(23)25)15-18-11-13-20(14-12-18)29-16-19-7-3-2-4-8-19/h2-15H,16H2,1H3/b21-15-. The van der Waals surface area contributed by atoms with Crippen LogP contribution in [0.1, 0.15) is 18.1 Å². The molecule has 0 N–H and O–H groups in total. The first-order valence-corrected chi connectivity index (χ1v) is 9.62. The van der Waals surface area contributed by atoms with Gasteiger partial charge in [-0.25, -0.2) is 0 Å². The van der Waals surface area contributed by atoms with Gasteiger partial charge in [0.25, 0.3) is 5.91 Å². The molecule has 29 heavy (non-hydrogen) atoms. The zero-order valence-corrected chi connectivity index (χ0v) is 16.6. The minimum atomic E-state index is -0.194. The summed E-state index contributed by atoms with van der Waals surface area (Å²) in [4.78, 5) is 12.9. The summed E-state index contributed by atoms with van der Waals surface area (Å²) in [5.41, 5.74) is 3.78. The van der Waals surface area contributed by atoms with Gasteiger partial charge < -0.3 is 4.74 Å². The Labute approximate surface area is 174 Å². The minimum absolute atomic E-state index is 0.194. The fourth-order valence-electron chi connectivity index (χ4n) is 3.04. The van der Waals surface area contributed by atoms with E-state index in [2.05, 4.69) is 5.10 Å². The van der Waals surface area contributed by atoms with E-state index in [9.17, 15) is 4.79 Å². The molecule has 0 bridgehead atoms. The second kappa shape index (κ2) is 8.33. The van der Waals surface area contributed by atoms with Crippen LogP contribution in [0.4, 0.5) is 5.69 Å².